The van der Waals surface area contributed by atoms with Gasteiger partial charge in [0.25, 0.3) is 0 Å². The lowest BCUT2D eigenvalue weighted by Gasteiger charge is -2.38. The molecular formula is C27H39N5O4S. The maximum absolute atomic E-state index is 13.3. The quantitative estimate of drug-likeness (QED) is 0.489. The lowest BCUT2D eigenvalue weighted by Crippen LogP contribution is -2.56. The predicted octanol–water partition coefficient (Wildman–Crippen LogP) is 3.26. The van der Waals surface area contributed by atoms with E-state index in [1.54, 1.807) is 45.4 Å². The van der Waals surface area contributed by atoms with Gasteiger partial charge in [-0.05, 0) is 94.8 Å². The van der Waals surface area contributed by atoms with Crippen LogP contribution in [0.4, 0.5) is 5.95 Å². The molecule has 0 atom stereocenters. The van der Waals surface area contributed by atoms with E-state index in [2.05, 4.69) is 19.8 Å². The fourth-order valence-corrected chi connectivity index (χ4v) is 7.66. The van der Waals surface area contributed by atoms with Gasteiger partial charge in [0.15, 0.2) is 0 Å². The SMILES string of the molecule is COc1cc(C)c(S(=O)(=O)N2CC(Oc3ccnc(N4CCC(CCN5CCCC5)CC4)n3)C2)c(C)c1. The number of rotatable bonds is 9. The van der Waals surface area contributed by atoms with Gasteiger partial charge >= 0.3 is 0 Å². The summed E-state index contributed by atoms with van der Waals surface area (Å²) in [4.78, 5) is 14.3. The molecule has 1 aromatic carbocycles. The zero-order valence-electron chi connectivity index (χ0n) is 22.2. The topological polar surface area (TPSA) is 88.1 Å². The summed E-state index contributed by atoms with van der Waals surface area (Å²) in [6.45, 7) is 9.90. The molecule has 202 valence electrons. The zero-order valence-corrected chi connectivity index (χ0v) is 23.0. The molecular weight excluding hydrogens is 490 g/mol. The Hall–Kier alpha value is -2.43. The molecule has 3 aliphatic rings. The van der Waals surface area contributed by atoms with E-state index in [-0.39, 0.29) is 6.10 Å². The standard InChI is InChI=1S/C27H39N5O4S/c1-20-16-23(35-3)17-21(2)26(20)37(33,34)32-18-24(19-32)36-25-6-10-28-27(29-25)31-14-8-22(9-15-31)7-13-30-11-4-5-12-30/h6,10,16-17,22,24H,4-5,7-9,11-15,18-19H2,1-3H3. The van der Waals surface area contributed by atoms with Crippen LogP contribution >= 0.6 is 0 Å². The number of aromatic nitrogens is 2. The summed E-state index contributed by atoms with van der Waals surface area (Å²) in [5.41, 5.74) is 1.36. The van der Waals surface area contributed by atoms with Crippen LogP contribution in [-0.4, -0.2) is 86.6 Å². The predicted molar refractivity (Wildman–Crippen MR) is 143 cm³/mol. The number of sulfonamides is 1. The molecule has 10 heteroatoms. The molecule has 2 aromatic rings. The van der Waals surface area contributed by atoms with Crippen LogP contribution in [0.5, 0.6) is 11.6 Å². The van der Waals surface area contributed by atoms with Gasteiger partial charge in [0.1, 0.15) is 11.9 Å². The van der Waals surface area contributed by atoms with E-state index in [9.17, 15) is 8.42 Å². The second-order valence-electron chi connectivity index (χ2n) is 10.6. The molecule has 0 spiro atoms. The number of aryl methyl sites for hydroxylation is 2. The van der Waals surface area contributed by atoms with Crippen molar-refractivity contribution in [2.75, 3.05) is 57.8 Å². The fourth-order valence-electron chi connectivity index (χ4n) is 5.75. The van der Waals surface area contributed by atoms with Crippen molar-refractivity contribution in [3.63, 3.8) is 0 Å². The molecule has 1 aromatic heterocycles. The summed E-state index contributed by atoms with van der Waals surface area (Å²) >= 11 is 0. The molecule has 5 rings (SSSR count). The Bertz CT molecular complexity index is 1160. The molecule has 0 N–H and O–H groups in total. The number of hydrogen-bond donors (Lipinski definition) is 0. The van der Waals surface area contributed by atoms with Crippen LogP contribution in [0.25, 0.3) is 0 Å². The smallest absolute Gasteiger partial charge is 0.243 e. The van der Waals surface area contributed by atoms with Gasteiger partial charge in [-0.2, -0.15) is 9.29 Å². The van der Waals surface area contributed by atoms with Crippen LogP contribution < -0.4 is 14.4 Å². The highest BCUT2D eigenvalue weighted by atomic mass is 32.2. The number of piperidine rings is 1. The van der Waals surface area contributed by atoms with Crippen molar-refractivity contribution in [2.24, 2.45) is 5.92 Å². The number of likely N-dealkylation sites (tertiary alicyclic amines) is 1. The lowest BCUT2D eigenvalue weighted by molar-refractivity contribution is 0.0719. The molecule has 0 bridgehead atoms. The van der Waals surface area contributed by atoms with E-state index in [1.165, 1.54) is 56.0 Å². The van der Waals surface area contributed by atoms with Crippen LogP contribution in [0, 0.1) is 19.8 Å². The Morgan fingerprint density at radius 1 is 1.03 bits per heavy atom. The molecule has 0 radical (unpaired) electrons. The highest BCUT2D eigenvalue weighted by molar-refractivity contribution is 7.89. The second-order valence-corrected chi connectivity index (χ2v) is 12.5. The number of benzene rings is 1. The maximum atomic E-state index is 13.3. The molecule has 3 fully saturated rings. The van der Waals surface area contributed by atoms with Crippen molar-refractivity contribution in [3.8, 4) is 11.6 Å². The third-order valence-electron chi connectivity index (χ3n) is 7.94. The summed E-state index contributed by atoms with van der Waals surface area (Å²) in [6.07, 6.45) is 7.83. The number of ether oxygens (including phenoxy) is 2. The van der Waals surface area contributed by atoms with Gasteiger partial charge in [-0.25, -0.2) is 13.4 Å². The summed E-state index contributed by atoms with van der Waals surface area (Å²) in [6, 6.07) is 5.26. The van der Waals surface area contributed by atoms with Gasteiger partial charge in [0.2, 0.25) is 21.9 Å². The van der Waals surface area contributed by atoms with Crippen molar-refractivity contribution in [1.29, 1.82) is 0 Å². The Morgan fingerprint density at radius 2 is 1.70 bits per heavy atom. The van der Waals surface area contributed by atoms with E-state index in [1.807, 2.05) is 0 Å². The minimum atomic E-state index is -3.60. The lowest BCUT2D eigenvalue weighted by atomic mass is 9.93. The van der Waals surface area contributed by atoms with E-state index < -0.39 is 10.0 Å². The Labute approximate surface area is 220 Å². The number of nitrogens with zero attached hydrogens (tertiary/aromatic N) is 5. The number of anilines is 1. The molecule has 37 heavy (non-hydrogen) atoms. The summed E-state index contributed by atoms with van der Waals surface area (Å²) in [7, 11) is -2.02. The normalized spacial score (nSPS) is 20.2. The average Bonchev–Trinajstić information content (AvgIpc) is 3.38. The molecule has 3 aliphatic heterocycles. The van der Waals surface area contributed by atoms with Gasteiger partial charge < -0.3 is 19.3 Å². The summed E-state index contributed by atoms with van der Waals surface area (Å²) < 4.78 is 39.3. The van der Waals surface area contributed by atoms with Gasteiger partial charge in [0, 0.05) is 25.4 Å². The largest absolute Gasteiger partial charge is 0.497 e. The number of methoxy groups -OCH3 is 1. The molecule has 0 aliphatic carbocycles. The Balaban J connectivity index is 1.13. The molecule has 0 amide bonds. The highest BCUT2D eigenvalue weighted by Crippen LogP contribution is 2.31. The van der Waals surface area contributed by atoms with Crippen molar-refractivity contribution in [3.05, 3.63) is 35.5 Å². The van der Waals surface area contributed by atoms with Crippen molar-refractivity contribution in [2.45, 2.75) is 57.0 Å². The molecule has 0 saturated carbocycles. The summed E-state index contributed by atoms with van der Waals surface area (Å²) in [5.74, 6) is 2.63. The fraction of sp³-hybridized carbons (Fsp3) is 0.630. The highest BCUT2D eigenvalue weighted by Gasteiger charge is 2.40. The average molecular weight is 530 g/mol. The minimum Gasteiger partial charge on any atom is -0.497 e. The van der Waals surface area contributed by atoms with E-state index in [0.717, 1.165) is 19.0 Å². The molecule has 4 heterocycles. The minimum absolute atomic E-state index is 0.229. The first-order chi connectivity index (χ1) is 17.8. The van der Waals surface area contributed by atoms with Crippen LogP contribution in [-0.2, 0) is 10.0 Å². The van der Waals surface area contributed by atoms with Gasteiger partial charge in [-0.3, -0.25) is 0 Å². The molecule has 3 saturated heterocycles. The third kappa shape index (κ3) is 5.86. The maximum Gasteiger partial charge on any atom is 0.243 e. The Kier molecular flexibility index (Phi) is 7.88. The molecule has 0 unspecified atom stereocenters. The third-order valence-corrected chi connectivity index (χ3v) is 10.1. The van der Waals surface area contributed by atoms with Gasteiger partial charge in [-0.1, -0.05) is 0 Å². The van der Waals surface area contributed by atoms with E-state index in [4.69, 9.17) is 9.47 Å². The van der Waals surface area contributed by atoms with Crippen LogP contribution in [0.3, 0.4) is 0 Å². The van der Waals surface area contributed by atoms with Crippen molar-refractivity contribution in [1.82, 2.24) is 19.2 Å². The van der Waals surface area contributed by atoms with Crippen LogP contribution in [0.2, 0.25) is 0 Å². The van der Waals surface area contributed by atoms with Crippen molar-refractivity contribution >= 4 is 16.0 Å². The number of hydrogen-bond acceptors (Lipinski definition) is 8. The Morgan fingerprint density at radius 3 is 2.35 bits per heavy atom. The van der Waals surface area contributed by atoms with Crippen LogP contribution in [0.15, 0.2) is 29.3 Å². The first-order valence-electron chi connectivity index (χ1n) is 13.5. The molecule has 9 nitrogen and oxygen atoms in total. The van der Waals surface area contributed by atoms with Crippen LogP contribution in [0.1, 0.15) is 43.2 Å². The van der Waals surface area contributed by atoms with Crippen molar-refractivity contribution < 1.29 is 17.9 Å². The van der Waals surface area contributed by atoms with Gasteiger partial charge in [-0.15, -0.1) is 0 Å². The first-order valence-corrected chi connectivity index (χ1v) is 14.9. The zero-order chi connectivity index (χ0) is 26.0. The van der Waals surface area contributed by atoms with E-state index in [0.29, 0.717) is 46.7 Å². The summed E-state index contributed by atoms with van der Waals surface area (Å²) in [5, 5.41) is 0. The monoisotopic (exact) mass is 529 g/mol. The first kappa shape index (κ1) is 26.2. The van der Waals surface area contributed by atoms with Gasteiger partial charge in [0.05, 0.1) is 25.1 Å². The van der Waals surface area contributed by atoms with E-state index >= 15 is 0 Å². The second kappa shape index (κ2) is 11.1.